The fourth-order valence-corrected chi connectivity index (χ4v) is 4.96. The molecule has 0 spiro atoms. The van der Waals surface area contributed by atoms with E-state index in [1.807, 2.05) is 11.3 Å². The molecule has 0 radical (unpaired) electrons. The number of benzene rings is 1. The van der Waals surface area contributed by atoms with Gasteiger partial charge in [0.2, 0.25) is 0 Å². The van der Waals surface area contributed by atoms with Gasteiger partial charge in [-0.1, -0.05) is 25.0 Å². The van der Waals surface area contributed by atoms with Gasteiger partial charge in [0.1, 0.15) is 0 Å². The number of hydrogen-bond acceptors (Lipinski definition) is 3. The Kier molecular flexibility index (Phi) is 2.85. The minimum absolute atomic E-state index is 0.518. The SMILES string of the molecule is c1ccc2sc(CC3(C4CCCC4)CNC3)nc2c1. The molecular weight excluding hydrogens is 252 g/mol. The molecule has 0 unspecified atom stereocenters. The number of rotatable bonds is 3. The molecule has 1 N–H and O–H groups in total. The van der Waals surface area contributed by atoms with Gasteiger partial charge in [-0.2, -0.15) is 0 Å². The number of thiazole rings is 1. The predicted molar refractivity (Wildman–Crippen MR) is 80.6 cm³/mol. The first kappa shape index (κ1) is 11.9. The lowest BCUT2D eigenvalue weighted by Crippen LogP contribution is -2.58. The standard InChI is InChI=1S/C16H20N2S/c1-2-6-12(5-1)16(10-17-11-16)9-15-18-13-7-3-4-8-14(13)19-15/h3-4,7-8,12,17H,1-2,5-6,9-11H2. The van der Waals surface area contributed by atoms with E-state index in [4.69, 9.17) is 4.98 Å². The zero-order valence-corrected chi connectivity index (χ0v) is 12.0. The number of nitrogens with one attached hydrogen (secondary N) is 1. The van der Waals surface area contributed by atoms with E-state index in [1.165, 1.54) is 60.4 Å². The largest absolute Gasteiger partial charge is 0.315 e. The molecule has 19 heavy (non-hydrogen) atoms. The molecule has 1 aromatic carbocycles. The van der Waals surface area contributed by atoms with Crippen molar-refractivity contribution >= 4 is 21.6 Å². The maximum absolute atomic E-state index is 4.84. The second-order valence-corrected chi connectivity index (χ2v) is 7.31. The quantitative estimate of drug-likeness (QED) is 0.923. The summed E-state index contributed by atoms with van der Waals surface area (Å²) in [5.74, 6) is 0.931. The average molecular weight is 272 g/mol. The average Bonchev–Trinajstić information content (AvgIpc) is 3.02. The monoisotopic (exact) mass is 272 g/mol. The van der Waals surface area contributed by atoms with Gasteiger partial charge in [-0.25, -0.2) is 4.98 Å². The van der Waals surface area contributed by atoms with E-state index in [1.54, 1.807) is 0 Å². The highest BCUT2D eigenvalue weighted by Gasteiger charge is 2.45. The highest BCUT2D eigenvalue weighted by Crippen LogP contribution is 2.45. The fourth-order valence-electron chi connectivity index (χ4n) is 3.84. The van der Waals surface area contributed by atoms with E-state index in [0.29, 0.717) is 5.41 Å². The van der Waals surface area contributed by atoms with Crippen molar-refractivity contribution in [3.63, 3.8) is 0 Å². The van der Waals surface area contributed by atoms with Crippen molar-refractivity contribution in [2.45, 2.75) is 32.1 Å². The van der Waals surface area contributed by atoms with Crippen LogP contribution in [0, 0.1) is 11.3 Å². The van der Waals surface area contributed by atoms with Crippen molar-refractivity contribution < 1.29 is 0 Å². The maximum Gasteiger partial charge on any atom is 0.0945 e. The zero-order chi connectivity index (χ0) is 12.7. The molecule has 1 saturated heterocycles. The Bertz CT molecular complexity index is 546. The molecule has 1 aliphatic heterocycles. The number of nitrogens with zero attached hydrogens (tertiary/aromatic N) is 1. The molecule has 1 saturated carbocycles. The van der Waals surface area contributed by atoms with Gasteiger partial charge in [0, 0.05) is 24.9 Å². The van der Waals surface area contributed by atoms with Crippen molar-refractivity contribution in [2.24, 2.45) is 11.3 Å². The van der Waals surface area contributed by atoms with Crippen molar-refractivity contribution in [1.29, 1.82) is 0 Å². The lowest BCUT2D eigenvalue weighted by molar-refractivity contribution is 0.0811. The van der Waals surface area contributed by atoms with Gasteiger partial charge in [0.05, 0.1) is 15.2 Å². The molecule has 0 atom stereocenters. The molecule has 100 valence electrons. The summed E-state index contributed by atoms with van der Waals surface area (Å²) in [5.41, 5.74) is 1.70. The smallest absolute Gasteiger partial charge is 0.0945 e. The van der Waals surface area contributed by atoms with Crippen LogP contribution in [-0.2, 0) is 6.42 Å². The van der Waals surface area contributed by atoms with Crippen LogP contribution in [0.1, 0.15) is 30.7 Å². The van der Waals surface area contributed by atoms with Crippen LogP contribution in [0.4, 0.5) is 0 Å². The number of hydrogen-bond donors (Lipinski definition) is 1. The maximum atomic E-state index is 4.84. The molecule has 0 bridgehead atoms. The summed E-state index contributed by atoms with van der Waals surface area (Å²) in [4.78, 5) is 4.84. The first-order chi connectivity index (χ1) is 9.36. The van der Waals surface area contributed by atoms with Gasteiger partial charge in [-0.3, -0.25) is 0 Å². The Morgan fingerprint density at radius 3 is 2.68 bits per heavy atom. The molecule has 2 aliphatic rings. The van der Waals surface area contributed by atoms with Crippen LogP contribution in [0.5, 0.6) is 0 Å². The first-order valence-electron chi connectivity index (χ1n) is 7.41. The molecule has 3 heteroatoms. The molecular formula is C16H20N2S. The van der Waals surface area contributed by atoms with Crippen molar-refractivity contribution in [1.82, 2.24) is 10.3 Å². The summed E-state index contributed by atoms with van der Waals surface area (Å²) in [6.45, 7) is 2.40. The van der Waals surface area contributed by atoms with Crippen LogP contribution < -0.4 is 5.32 Å². The Balaban J connectivity index is 1.61. The third-order valence-corrected chi connectivity index (χ3v) is 6.05. The van der Waals surface area contributed by atoms with Crippen LogP contribution in [0.2, 0.25) is 0 Å². The molecule has 2 fully saturated rings. The second kappa shape index (κ2) is 4.57. The van der Waals surface area contributed by atoms with Crippen LogP contribution in [-0.4, -0.2) is 18.1 Å². The first-order valence-corrected chi connectivity index (χ1v) is 8.23. The van der Waals surface area contributed by atoms with Gasteiger partial charge in [0.25, 0.3) is 0 Å². The molecule has 1 aliphatic carbocycles. The van der Waals surface area contributed by atoms with E-state index in [2.05, 4.69) is 29.6 Å². The Labute approximate surface area is 118 Å². The third-order valence-electron chi connectivity index (χ3n) is 5.02. The third kappa shape index (κ3) is 2.00. The summed E-state index contributed by atoms with van der Waals surface area (Å²) in [6.07, 6.45) is 6.93. The van der Waals surface area contributed by atoms with Crippen LogP contribution in [0.25, 0.3) is 10.2 Å². The lowest BCUT2D eigenvalue weighted by Gasteiger charge is -2.47. The molecule has 2 nitrogen and oxygen atoms in total. The second-order valence-electron chi connectivity index (χ2n) is 6.20. The van der Waals surface area contributed by atoms with Crippen molar-refractivity contribution in [2.75, 3.05) is 13.1 Å². The predicted octanol–water partition coefficient (Wildman–Crippen LogP) is 3.62. The minimum atomic E-state index is 0.518. The molecule has 0 amide bonds. The highest BCUT2D eigenvalue weighted by molar-refractivity contribution is 7.18. The van der Waals surface area contributed by atoms with Gasteiger partial charge in [-0.15, -0.1) is 11.3 Å². The molecule has 4 rings (SSSR count). The number of fused-ring (bicyclic) bond motifs is 1. The summed E-state index contributed by atoms with van der Waals surface area (Å²) >= 11 is 1.89. The van der Waals surface area contributed by atoms with E-state index < -0.39 is 0 Å². The summed E-state index contributed by atoms with van der Waals surface area (Å²) < 4.78 is 1.34. The summed E-state index contributed by atoms with van der Waals surface area (Å²) in [7, 11) is 0. The van der Waals surface area contributed by atoms with Crippen LogP contribution in [0.3, 0.4) is 0 Å². The van der Waals surface area contributed by atoms with Crippen LogP contribution in [0.15, 0.2) is 24.3 Å². The Morgan fingerprint density at radius 1 is 1.21 bits per heavy atom. The van der Waals surface area contributed by atoms with Crippen molar-refractivity contribution in [3.8, 4) is 0 Å². The highest BCUT2D eigenvalue weighted by atomic mass is 32.1. The fraction of sp³-hybridized carbons (Fsp3) is 0.562. The Hall–Kier alpha value is -0.930. The lowest BCUT2D eigenvalue weighted by atomic mass is 9.67. The van der Waals surface area contributed by atoms with Crippen LogP contribution >= 0.6 is 11.3 Å². The van der Waals surface area contributed by atoms with E-state index in [9.17, 15) is 0 Å². The van der Waals surface area contributed by atoms with E-state index in [-0.39, 0.29) is 0 Å². The van der Waals surface area contributed by atoms with E-state index >= 15 is 0 Å². The van der Waals surface area contributed by atoms with E-state index in [0.717, 1.165) is 5.92 Å². The Morgan fingerprint density at radius 2 is 2.00 bits per heavy atom. The molecule has 2 aromatic rings. The summed E-state index contributed by atoms with van der Waals surface area (Å²) in [6, 6.07) is 8.53. The van der Waals surface area contributed by atoms with Gasteiger partial charge in [0.15, 0.2) is 0 Å². The van der Waals surface area contributed by atoms with Gasteiger partial charge in [-0.05, 0) is 30.9 Å². The zero-order valence-electron chi connectivity index (χ0n) is 11.2. The molecule has 1 aromatic heterocycles. The number of aromatic nitrogens is 1. The number of para-hydroxylation sites is 1. The minimum Gasteiger partial charge on any atom is -0.315 e. The van der Waals surface area contributed by atoms with Crippen molar-refractivity contribution in [3.05, 3.63) is 29.3 Å². The molecule has 2 heterocycles. The normalized spacial score (nSPS) is 22.7. The van der Waals surface area contributed by atoms with Gasteiger partial charge >= 0.3 is 0 Å². The summed E-state index contributed by atoms with van der Waals surface area (Å²) in [5, 5.41) is 4.85. The van der Waals surface area contributed by atoms with Gasteiger partial charge < -0.3 is 5.32 Å². The topological polar surface area (TPSA) is 24.9 Å².